The molecule has 1 saturated carbocycles. The minimum atomic E-state index is -3.79. The second-order valence-corrected chi connectivity index (χ2v) is 9.69. The van der Waals surface area contributed by atoms with Gasteiger partial charge in [-0.1, -0.05) is 59.9 Å². The van der Waals surface area contributed by atoms with E-state index in [1.807, 2.05) is 37.3 Å². The molecule has 1 aliphatic carbocycles. The van der Waals surface area contributed by atoms with E-state index in [1.54, 1.807) is 24.3 Å². The molecule has 7 nitrogen and oxygen atoms in total. The van der Waals surface area contributed by atoms with Crippen LogP contribution in [0.5, 0.6) is 0 Å². The van der Waals surface area contributed by atoms with Crippen LogP contribution in [0.25, 0.3) is 0 Å². The molecule has 1 aliphatic rings. The van der Waals surface area contributed by atoms with E-state index in [2.05, 4.69) is 11.8 Å². The fourth-order valence-electron chi connectivity index (χ4n) is 3.51. The van der Waals surface area contributed by atoms with Crippen molar-refractivity contribution in [3.63, 3.8) is 0 Å². The summed E-state index contributed by atoms with van der Waals surface area (Å²) in [6.45, 7) is 1.71. The third-order valence-electron chi connectivity index (χ3n) is 5.37. The summed E-state index contributed by atoms with van der Waals surface area (Å²) in [5.41, 5.74) is 1.79. The van der Waals surface area contributed by atoms with Crippen molar-refractivity contribution in [2.75, 3.05) is 13.2 Å². The van der Waals surface area contributed by atoms with Gasteiger partial charge < -0.3 is 9.47 Å². The molecule has 0 amide bonds. The molecular weight excluding hydrogens is 442 g/mol. The summed E-state index contributed by atoms with van der Waals surface area (Å²) in [6.07, 6.45) is 0.799. The topological polar surface area (TPSA) is 90.0 Å². The van der Waals surface area contributed by atoms with Crippen molar-refractivity contribution in [2.24, 2.45) is 0 Å². The standard InChI is InChI=1S/C25H27NO6S/c1-20-9-15-24(16-10-20)33(29,30)26(22-11-13-23(27)14-12-22)17-5-6-18-31-25(28)32-19-21-7-3-2-4-8-21/h2-4,7-10,15-16,22H,11-14,17-19H2,1H3. The van der Waals surface area contributed by atoms with E-state index in [0.717, 1.165) is 11.1 Å². The number of carbonyl (C=O) groups is 2. The van der Waals surface area contributed by atoms with Gasteiger partial charge in [-0.3, -0.25) is 4.79 Å². The Kier molecular flexibility index (Phi) is 8.64. The molecule has 2 aromatic carbocycles. The predicted octanol–water partition coefficient (Wildman–Crippen LogP) is 3.85. The zero-order valence-electron chi connectivity index (χ0n) is 18.5. The lowest BCUT2D eigenvalue weighted by Crippen LogP contribution is -2.42. The number of aryl methyl sites for hydroxylation is 1. The van der Waals surface area contributed by atoms with Gasteiger partial charge in [0.15, 0.2) is 6.61 Å². The Morgan fingerprint density at radius 2 is 1.67 bits per heavy atom. The Morgan fingerprint density at radius 1 is 1.00 bits per heavy atom. The second kappa shape index (κ2) is 11.6. The Labute approximate surface area is 194 Å². The molecule has 0 unspecified atom stereocenters. The van der Waals surface area contributed by atoms with Crippen LogP contribution in [0.4, 0.5) is 4.79 Å². The molecule has 0 N–H and O–H groups in total. The van der Waals surface area contributed by atoms with E-state index in [9.17, 15) is 18.0 Å². The van der Waals surface area contributed by atoms with Crippen molar-refractivity contribution in [2.45, 2.75) is 50.2 Å². The van der Waals surface area contributed by atoms with Crippen LogP contribution in [0.2, 0.25) is 0 Å². The van der Waals surface area contributed by atoms with Crippen LogP contribution in [0.15, 0.2) is 59.5 Å². The van der Waals surface area contributed by atoms with Gasteiger partial charge in [-0.15, -0.1) is 0 Å². The van der Waals surface area contributed by atoms with Gasteiger partial charge >= 0.3 is 6.16 Å². The zero-order valence-corrected chi connectivity index (χ0v) is 19.3. The number of Topliss-reactive ketones (excluding diaryl/α,β-unsaturated/α-hetero) is 1. The van der Waals surface area contributed by atoms with Gasteiger partial charge in [-0.05, 0) is 37.5 Å². The van der Waals surface area contributed by atoms with Crippen LogP contribution in [0, 0.1) is 18.8 Å². The van der Waals surface area contributed by atoms with Gasteiger partial charge in [0.25, 0.3) is 0 Å². The fourth-order valence-corrected chi connectivity index (χ4v) is 5.10. The van der Waals surface area contributed by atoms with Crippen LogP contribution < -0.4 is 0 Å². The van der Waals surface area contributed by atoms with Gasteiger partial charge in [0.1, 0.15) is 12.4 Å². The van der Waals surface area contributed by atoms with Crippen LogP contribution in [-0.2, 0) is 30.9 Å². The summed E-state index contributed by atoms with van der Waals surface area (Å²) in [6, 6.07) is 15.5. The summed E-state index contributed by atoms with van der Waals surface area (Å²) in [5.74, 6) is 5.61. The van der Waals surface area contributed by atoms with Crippen LogP contribution in [-0.4, -0.2) is 43.9 Å². The average Bonchev–Trinajstić information content (AvgIpc) is 2.81. The molecule has 0 saturated heterocycles. The first-order valence-electron chi connectivity index (χ1n) is 10.8. The Morgan fingerprint density at radius 3 is 2.33 bits per heavy atom. The van der Waals surface area contributed by atoms with Gasteiger partial charge in [0.05, 0.1) is 11.4 Å². The quantitative estimate of drug-likeness (QED) is 0.452. The lowest BCUT2D eigenvalue weighted by Gasteiger charge is -2.31. The van der Waals surface area contributed by atoms with Crippen LogP contribution in [0.3, 0.4) is 0 Å². The van der Waals surface area contributed by atoms with Crippen LogP contribution >= 0.6 is 0 Å². The molecule has 0 heterocycles. The maximum absolute atomic E-state index is 13.3. The first-order valence-corrected chi connectivity index (χ1v) is 12.2. The molecule has 174 valence electrons. The molecule has 0 atom stereocenters. The maximum atomic E-state index is 13.3. The van der Waals surface area contributed by atoms with E-state index < -0.39 is 16.2 Å². The molecular formula is C25H27NO6S. The van der Waals surface area contributed by atoms with E-state index in [-0.39, 0.29) is 36.5 Å². The number of rotatable bonds is 7. The highest BCUT2D eigenvalue weighted by Crippen LogP contribution is 2.26. The fraction of sp³-hybridized carbons (Fsp3) is 0.360. The van der Waals surface area contributed by atoms with E-state index in [4.69, 9.17) is 9.47 Å². The lowest BCUT2D eigenvalue weighted by molar-refractivity contribution is -0.120. The largest absolute Gasteiger partial charge is 0.509 e. The summed E-state index contributed by atoms with van der Waals surface area (Å²) in [4.78, 5) is 23.5. The smallest absolute Gasteiger partial charge is 0.429 e. The Hall–Kier alpha value is -3.15. The van der Waals surface area contributed by atoms with Gasteiger partial charge in [0, 0.05) is 18.9 Å². The molecule has 0 bridgehead atoms. The average molecular weight is 470 g/mol. The number of benzene rings is 2. The molecule has 0 spiro atoms. The molecule has 33 heavy (non-hydrogen) atoms. The zero-order chi connectivity index (χ0) is 23.7. The van der Waals surface area contributed by atoms with Crippen LogP contribution in [0.1, 0.15) is 36.8 Å². The van der Waals surface area contributed by atoms with Gasteiger partial charge in [0.2, 0.25) is 10.0 Å². The van der Waals surface area contributed by atoms with Crippen molar-refractivity contribution >= 4 is 22.0 Å². The number of sulfonamides is 1. The van der Waals surface area contributed by atoms with Crippen molar-refractivity contribution in [3.8, 4) is 11.8 Å². The summed E-state index contributed by atoms with van der Waals surface area (Å²) >= 11 is 0. The summed E-state index contributed by atoms with van der Waals surface area (Å²) < 4.78 is 37.9. The number of ketones is 1. The molecule has 2 aromatic rings. The molecule has 0 aliphatic heterocycles. The first-order chi connectivity index (χ1) is 15.9. The highest BCUT2D eigenvalue weighted by Gasteiger charge is 2.33. The van der Waals surface area contributed by atoms with Crippen molar-refractivity contribution in [1.29, 1.82) is 0 Å². The molecule has 1 fully saturated rings. The van der Waals surface area contributed by atoms with Crippen molar-refractivity contribution in [3.05, 3.63) is 65.7 Å². The first kappa shape index (κ1) is 24.5. The number of ether oxygens (including phenoxy) is 2. The van der Waals surface area contributed by atoms with Crippen molar-refractivity contribution in [1.82, 2.24) is 4.31 Å². The predicted molar refractivity (Wildman–Crippen MR) is 123 cm³/mol. The monoisotopic (exact) mass is 469 g/mol. The second-order valence-electron chi connectivity index (χ2n) is 7.80. The van der Waals surface area contributed by atoms with Gasteiger partial charge in [-0.2, -0.15) is 4.31 Å². The highest BCUT2D eigenvalue weighted by atomic mass is 32.2. The normalized spacial score (nSPS) is 14.4. The SMILES string of the molecule is Cc1ccc(S(=O)(=O)N(CC#CCOC(=O)OCc2ccccc2)C2CCC(=O)CC2)cc1. The van der Waals surface area contributed by atoms with E-state index in [1.165, 1.54) is 4.31 Å². The minimum Gasteiger partial charge on any atom is -0.429 e. The molecule has 3 rings (SSSR count). The van der Waals surface area contributed by atoms with E-state index >= 15 is 0 Å². The van der Waals surface area contributed by atoms with Crippen molar-refractivity contribution < 1.29 is 27.5 Å². The molecule has 0 radical (unpaired) electrons. The number of nitrogens with zero attached hydrogens (tertiary/aromatic N) is 1. The maximum Gasteiger partial charge on any atom is 0.509 e. The minimum absolute atomic E-state index is 0.0580. The highest BCUT2D eigenvalue weighted by molar-refractivity contribution is 7.89. The lowest BCUT2D eigenvalue weighted by atomic mass is 9.94. The summed E-state index contributed by atoms with van der Waals surface area (Å²) in [7, 11) is -3.79. The van der Waals surface area contributed by atoms with E-state index in [0.29, 0.717) is 25.7 Å². The molecule has 8 heteroatoms. The number of hydrogen-bond donors (Lipinski definition) is 0. The third kappa shape index (κ3) is 7.17. The van der Waals surface area contributed by atoms with Gasteiger partial charge in [-0.25, -0.2) is 13.2 Å². The third-order valence-corrected chi connectivity index (χ3v) is 7.28. The Bertz CT molecular complexity index is 1110. The number of carbonyl (C=O) groups excluding carboxylic acids is 2. The number of hydrogen-bond acceptors (Lipinski definition) is 6. The summed E-state index contributed by atoms with van der Waals surface area (Å²) in [5, 5.41) is 0. The molecule has 0 aromatic heterocycles. The Balaban J connectivity index is 1.60.